The van der Waals surface area contributed by atoms with Gasteiger partial charge in [-0.05, 0) is 25.1 Å². The Kier molecular flexibility index (Phi) is 4.99. The van der Waals surface area contributed by atoms with Crippen LogP contribution in [0.5, 0.6) is 0 Å². The third-order valence-corrected chi connectivity index (χ3v) is 5.40. The molecule has 9 heteroatoms. The summed E-state index contributed by atoms with van der Waals surface area (Å²) in [6.45, 7) is 1.88. The molecule has 4 aromatic rings. The van der Waals surface area contributed by atoms with Crippen LogP contribution in [0.3, 0.4) is 0 Å². The van der Waals surface area contributed by atoms with Gasteiger partial charge in [0.15, 0.2) is 10.8 Å². The van der Waals surface area contributed by atoms with Gasteiger partial charge < -0.3 is 9.73 Å². The second kappa shape index (κ2) is 7.42. The van der Waals surface area contributed by atoms with E-state index in [1.807, 2.05) is 37.3 Å². The normalized spacial score (nSPS) is 12.6. The van der Waals surface area contributed by atoms with Crippen LogP contribution in [0.4, 0.5) is 0 Å². The van der Waals surface area contributed by atoms with E-state index in [1.165, 1.54) is 11.8 Å². The van der Waals surface area contributed by atoms with Crippen LogP contribution in [0.25, 0.3) is 16.6 Å². The van der Waals surface area contributed by atoms with E-state index in [0.29, 0.717) is 26.6 Å². The topological polar surface area (TPSA) is 72.4 Å². The number of hydrogen-bond donors (Lipinski definition) is 1. The molecule has 0 aliphatic rings. The van der Waals surface area contributed by atoms with E-state index in [2.05, 4.69) is 15.5 Å². The Hall–Kier alpha value is -2.22. The molecule has 0 spiro atoms. The molecule has 0 saturated carbocycles. The Labute approximate surface area is 168 Å². The van der Waals surface area contributed by atoms with Crippen molar-refractivity contribution in [2.75, 3.05) is 5.75 Å². The van der Waals surface area contributed by atoms with Crippen molar-refractivity contribution in [2.24, 2.45) is 0 Å². The SMILES string of the molecule is C[C@@H](NC(=O)CSc1nnc2c(Cl)cc(Cl)cn12)c1cc2ccccc2o1. The maximum Gasteiger partial charge on any atom is 0.231 e. The van der Waals surface area contributed by atoms with Crippen molar-refractivity contribution in [3.63, 3.8) is 0 Å². The zero-order valence-corrected chi connectivity index (χ0v) is 16.5. The Morgan fingerprint density at radius 3 is 2.93 bits per heavy atom. The van der Waals surface area contributed by atoms with Crippen LogP contribution in [0, 0.1) is 0 Å². The highest BCUT2D eigenvalue weighted by Gasteiger charge is 2.16. The van der Waals surface area contributed by atoms with Crippen molar-refractivity contribution < 1.29 is 9.21 Å². The molecule has 3 aromatic heterocycles. The first kappa shape index (κ1) is 18.2. The molecule has 0 fully saturated rings. The van der Waals surface area contributed by atoms with Gasteiger partial charge in [0.1, 0.15) is 11.3 Å². The monoisotopic (exact) mass is 420 g/mol. The largest absolute Gasteiger partial charge is 0.459 e. The summed E-state index contributed by atoms with van der Waals surface area (Å²) in [4.78, 5) is 12.3. The summed E-state index contributed by atoms with van der Waals surface area (Å²) in [5.74, 6) is 0.744. The number of carbonyl (C=O) groups excluding carboxylic acids is 1. The summed E-state index contributed by atoms with van der Waals surface area (Å²) in [5, 5.41) is 13.4. The van der Waals surface area contributed by atoms with Crippen molar-refractivity contribution in [3.05, 3.63) is 58.4 Å². The van der Waals surface area contributed by atoms with Crippen LogP contribution in [0.15, 0.2) is 52.2 Å². The zero-order chi connectivity index (χ0) is 19.0. The summed E-state index contributed by atoms with van der Waals surface area (Å²) in [5.41, 5.74) is 1.30. The number of hydrogen-bond acceptors (Lipinski definition) is 5. The summed E-state index contributed by atoms with van der Waals surface area (Å²) < 4.78 is 7.46. The first-order chi connectivity index (χ1) is 13.0. The lowest BCUT2D eigenvalue weighted by molar-refractivity contribution is -0.119. The number of pyridine rings is 1. The summed E-state index contributed by atoms with van der Waals surface area (Å²) in [6.07, 6.45) is 1.67. The predicted molar refractivity (Wildman–Crippen MR) is 107 cm³/mol. The molecule has 1 N–H and O–H groups in total. The van der Waals surface area contributed by atoms with Crippen LogP contribution in [0.1, 0.15) is 18.7 Å². The van der Waals surface area contributed by atoms with Gasteiger partial charge in [-0.2, -0.15) is 0 Å². The second-order valence-electron chi connectivity index (χ2n) is 5.95. The van der Waals surface area contributed by atoms with E-state index < -0.39 is 0 Å². The molecular formula is C18H14Cl2N4O2S. The first-order valence-electron chi connectivity index (χ1n) is 8.11. The number of amides is 1. The van der Waals surface area contributed by atoms with E-state index in [4.69, 9.17) is 27.6 Å². The van der Waals surface area contributed by atoms with Crippen molar-refractivity contribution >= 4 is 57.5 Å². The van der Waals surface area contributed by atoms with Gasteiger partial charge in [-0.15, -0.1) is 10.2 Å². The molecule has 0 bridgehead atoms. The minimum absolute atomic E-state index is 0.141. The highest BCUT2D eigenvalue weighted by Crippen LogP contribution is 2.26. The van der Waals surface area contributed by atoms with Crippen LogP contribution in [-0.2, 0) is 4.79 Å². The number of aromatic nitrogens is 3. The average molecular weight is 421 g/mol. The van der Waals surface area contributed by atoms with Crippen LogP contribution in [-0.4, -0.2) is 26.3 Å². The minimum atomic E-state index is -0.246. The number of fused-ring (bicyclic) bond motifs is 2. The Bertz CT molecular complexity index is 1110. The van der Waals surface area contributed by atoms with Gasteiger partial charge in [0.25, 0.3) is 0 Å². The van der Waals surface area contributed by atoms with Gasteiger partial charge in [0.2, 0.25) is 5.91 Å². The fourth-order valence-corrected chi connectivity index (χ4v) is 3.93. The average Bonchev–Trinajstić information content (AvgIpc) is 3.24. The third kappa shape index (κ3) is 3.76. The Balaban J connectivity index is 1.42. The van der Waals surface area contributed by atoms with E-state index in [0.717, 1.165) is 11.0 Å². The molecule has 27 heavy (non-hydrogen) atoms. The van der Waals surface area contributed by atoms with Gasteiger partial charge in [0, 0.05) is 11.6 Å². The number of carbonyl (C=O) groups is 1. The lowest BCUT2D eigenvalue weighted by Crippen LogP contribution is -2.28. The second-order valence-corrected chi connectivity index (χ2v) is 7.73. The number of rotatable bonds is 5. The lowest BCUT2D eigenvalue weighted by Gasteiger charge is -2.10. The van der Waals surface area contributed by atoms with Gasteiger partial charge in [-0.25, -0.2) is 0 Å². The van der Waals surface area contributed by atoms with E-state index >= 15 is 0 Å². The molecule has 0 aliphatic heterocycles. The fraction of sp³-hybridized carbons (Fsp3) is 0.167. The highest BCUT2D eigenvalue weighted by atomic mass is 35.5. The summed E-state index contributed by atoms with van der Waals surface area (Å²) in [7, 11) is 0. The molecular weight excluding hydrogens is 407 g/mol. The fourth-order valence-electron chi connectivity index (χ4n) is 2.70. The van der Waals surface area contributed by atoms with E-state index in [9.17, 15) is 4.79 Å². The standard InChI is InChI=1S/C18H14Cl2N4O2S/c1-10(15-6-11-4-2-3-5-14(11)26-15)21-16(25)9-27-18-23-22-17-13(20)7-12(19)8-24(17)18/h2-8,10H,9H2,1H3,(H,21,25)/t10-/m1/s1. The molecule has 0 aliphatic carbocycles. The van der Waals surface area contributed by atoms with Gasteiger partial charge in [-0.1, -0.05) is 53.2 Å². The first-order valence-corrected chi connectivity index (χ1v) is 9.86. The van der Waals surface area contributed by atoms with Crippen LogP contribution in [0.2, 0.25) is 10.0 Å². The van der Waals surface area contributed by atoms with E-state index in [1.54, 1.807) is 16.7 Å². The van der Waals surface area contributed by atoms with Crippen molar-refractivity contribution in [3.8, 4) is 0 Å². The van der Waals surface area contributed by atoms with Gasteiger partial charge in [0.05, 0.1) is 21.8 Å². The number of para-hydroxylation sites is 1. The predicted octanol–water partition coefficient (Wildman–Crippen LogP) is 4.75. The van der Waals surface area contributed by atoms with Crippen LogP contribution >= 0.6 is 35.0 Å². The highest BCUT2D eigenvalue weighted by molar-refractivity contribution is 7.99. The quantitative estimate of drug-likeness (QED) is 0.471. The molecule has 0 saturated heterocycles. The molecule has 0 radical (unpaired) electrons. The van der Waals surface area contributed by atoms with Gasteiger partial charge >= 0.3 is 0 Å². The lowest BCUT2D eigenvalue weighted by atomic mass is 10.2. The molecule has 1 aromatic carbocycles. The molecule has 6 nitrogen and oxygen atoms in total. The zero-order valence-electron chi connectivity index (χ0n) is 14.1. The Morgan fingerprint density at radius 2 is 2.11 bits per heavy atom. The molecule has 1 atom stereocenters. The molecule has 4 rings (SSSR count). The molecule has 0 unspecified atom stereocenters. The van der Waals surface area contributed by atoms with Gasteiger partial charge in [-0.3, -0.25) is 9.20 Å². The summed E-state index contributed by atoms with van der Waals surface area (Å²) in [6, 6.07) is 11.0. The number of nitrogens with one attached hydrogen (secondary N) is 1. The minimum Gasteiger partial charge on any atom is -0.459 e. The van der Waals surface area contributed by atoms with Crippen LogP contribution < -0.4 is 5.32 Å². The van der Waals surface area contributed by atoms with Crippen molar-refractivity contribution in [1.29, 1.82) is 0 Å². The number of halogens is 2. The maximum atomic E-state index is 12.3. The molecule has 1 amide bonds. The Morgan fingerprint density at radius 1 is 1.30 bits per heavy atom. The maximum absolute atomic E-state index is 12.3. The molecule has 3 heterocycles. The number of thioether (sulfide) groups is 1. The number of furan rings is 1. The van der Waals surface area contributed by atoms with Crippen molar-refractivity contribution in [1.82, 2.24) is 19.9 Å². The number of benzene rings is 1. The van der Waals surface area contributed by atoms with E-state index in [-0.39, 0.29) is 17.7 Å². The number of nitrogens with zero attached hydrogens (tertiary/aromatic N) is 3. The third-order valence-electron chi connectivity index (χ3n) is 3.98. The smallest absolute Gasteiger partial charge is 0.231 e. The van der Waals surface area contributed by atoms with Crippen molar-refractivity contribution in [2.45, 2.75) is 18.1 Å². The summed E-state index contributed by atoms with van der Waals surface area (Å²) >= 11 is 13.4. The molecule has 138 valence electrons.